The summed E-state index contributed by atoms with van der Waals surface area (Å²) in [5.74, 6) is 0.267. The van der Waals surface area contributed by atoms with E-state index in [2.05, 4.69) is 6.08 Å². The van der Waals surface area contributed by atoms with Crippen LogP contribution in [0, 0.1) is 11.8 Å². The molecule has 1 heterocycles. The third kappa shape index (κ3) is 1.52. The number of rotatable bonds is 2. The Kier molecular flexibility index (Phi) is 2.90. The van der Waals surface area contributed by atoms with Crippen LogP contribution in [0.2, 0.25) is 0 Å². The average molecular weight is 168 g/mol. The maximum Gasteiger partial charge on any atom is 0.309 e. The molecule has 1 aliphatic heterocycles. The van der Waals surface area contributed by atoms with Crippen molar-refractivity contribution in [3.63, 3.8) is 0 Å². The molecule has 0 aliphatic carbocycles. The normalized spacial score (nSPS) is 35.9. The number of cyclic esters (lactones) is 1. The second-order valence-corrected chi connectivity index (χ2v) is 3.28. The third-order valence-corrected chi connectivity index (χ3v) is 2.46. The molecule has 1 fully saturated rings. The summed E-state index contributed by atoms with van der Waals surface area (Å²) in [6.07, 6.45) is 5.07. The lowest BCUT2D eigenvalue weighted by atomic mass is 9.90. The van der Waals surface area contributed by atoms with Gasteiger partial charge in [0, 0.05) is 5.92 Å². The van der Waals surface area contributed by atoms with Gasteiger partial charge >= 0.3 is 5.97 Å². The molecule has 0 aromatic heterocycles. The fraction of sp³-hybridized carbons (Fsp3) is 0.700. The summed E-state index contributed by atoms with van der Waals surface area (Å²) in [7, 11) is 0. The van der Waals surface area contributed by atoms with Crippen LogP contribution in [0.4, 0.5) is 0 Å². The topological polar surface area (TPSA) is 26.3 Å². The predicted molar refractivity (Wildman–Crippen MR) is 47.6 cm³/mol. The molecule has 0 amide bonds. The first-order valence-corrected chi connectivity index (χ1v) is 4.54. The van der Waals surface area contributed by atoms with Crippen LogP contribution in [0.15, 0.2) is 12.2 Å². The smallest absolute Gasteiger partial charge is 0.309 e. The highest BCUT2D eigenvalue weighted by molar-refractivity contribution is 5.75. The SMILES string of the molecule is CC=CC1C(CC)OC(=O)C1C. The molecule has 1 rings (SSSR count). The number of carbonyl (C=O) groups excluding carboxylic acids is 1. The number of hydrogen-bond donors (Lipinski definition) is 0. The minimum atomic E-state index is -0.0510. The van der Waals surface area contributed by atoms with E-state index in [4.69, 9.17) is 4.74 Å². The van der Waals surface area contributed by atoms with Crippen molar-refractivity contribution in [3.05, 3.63) is 12.2 Å². The van der Waals surface area contributed by atoms with Crippen LogP contribution in [-0.2, 0) is 9.53 Å². The lowest BCUT2D eigenvalue weighted by Gasteiger charge is -2.12. The molecule has 0 bridgehead atoms. The zero-order valence-corrected chi connectivity index (χ0v) is 7.91. The molecule has 1 aliphatic rings. The van der Waals surface area contributed by atoms with E-state index in [-0.39, 0.29) is 23.9 Å². The fourth-order valence-corrected chi connectivity index (χ4v) is 1.68. The van der Waals surface area contributed by atoms with Gasteiger partial charge in [0.05, 0.1) is 5.92 Å². The molecule has 3 atom stereocenters. The van der Waals surface area contributed by atoms with Crippen LogP contribution in [-0.4, -0.2) is 12.1 Å². The lowest BCUT2D eigenvalue weighted by Crippen LogP contribution is -2.15. The van der Waals surface area contributed by atoms with Crippen molar-refractivity contribution in [2.45, 2.75) is 33.3 Å². The molecule has 0 aromatic rings. The second kappa shape index (κ2) is 3.74. The zero-order valence-electron chi connectivity index (χ0n) is 7.91. The van der Waals surface area contributed by atoms with Gasteiger partial charge in [-0.05, 0) is 13.3 Å². The minimum Gasteiger partial charge on any atom is -0.462 e. The standard InChI is InChI=1S/C10H16O2/c1-4-6-8-7(3)10(11)12-9(8)5-2/h4,6-9H,5H2,1-3H3. The molecule has 0 radical (unpaired) electrons. The summed E-state index contributed by atoms with van der Waals surface area (Å²) in [6, 6.07) is 0. The Morgan fingerprint density at radius 3 is 2.75 bits per heavy atom. The molecule has 2 nitrogen and oxygen atoms in total. The first-order chi connectivity index (χ1) is 5.70. The Morgan fingerprint density at radius 2 is 2.25 bits per heavy atom. The first-order valence-electron chi connectivity index (χ1n) is 4.54. The van der Waals surface area contributed by atoms with Crippen molar-refractivity contribution in [2.24, 2.45) is 11.8 Å². The van der Waals surface area contributed by atoms with Gasteiger partial charge in [-0.1, -0.05) is 26.0 Å². The highest BCUT2D eigenvalue weighted by atomic mass is 16.6. The van der Waals surface area contributed by atoms with Crippen LogP contribution in [0.1, 0.15) is 27.2 Å². The summed E-state index contributed by atoms with van der Waals surface area (Å²) in [6.45, 7) is 5.96. The van der Waals surface area contributed by atoms with Crippen molar-refractivity contribution < 1.29 is 9.53 Å². The van der Waals surface area contributed by atoms with Gasteiger partial charge in [0.15, 0.2) is 0 Å². The second-order valence-electron chi connectivity index (χ2n) is 3.28. The summed E-state index contributed by atoms with van der Waals surface area (Å²) < 4.78 is 5.20. The molecule has 0 N–H and O–H groups in total. The molecular weight excluding hydrogens is 152 g/mol. The molecule has 0 spiro atoms. The van der Waals surface area contributed by atoms with E-state index in [0.717, 1.165) is 6.42 Å². The Bertz CT molecular complexity index is 196. The van der Waals surface area contributed by atoms with Gasteiger partial charge in [-0.2, -0.15) is 0 Å². The van der Waals surface area contributed by atoms with E-state index >= 15 is 0 Å². The highest BCUT2D eigenvalue weighted by Crippen LogP contribution is 2.30. The largest absolute Gasteiger partial charge is 0.462 e. The van der Waals surface area contributed by atoms with E-state index in [9.17, 15) is 4.79 Å². The molecule has 0 saturated carbocycles. The van der Waals surface area contributed by atoms with Gasteiger partial charge in [0.25, 0.3) is 0 Å². The van der Waals surface area contributed by atoms with Crippen molar-refractivity contribution in [3.8, 4) is 0 Å². The van der Waals surface area contributed by atoms with Gasteiger partial charge < -0.3 is 4.74 Å². The van der Waals surface area contributed by atoms with Crippen LogP contribution in [0.3, 0.4) is 0 Å². The minimum absolute atomic E-state index is 0.0335. The van der Waals surface area contributed by atoms with Crippen LogP contribution in [0.5, 0.6) is 0 Å². The summed E-state index contributed by atoms with van der Waals surface area (Å²) in [4.78, 5) is 11.2. The first kappa shape index (κ1) is 9.30. The van der Waals surface area contributed by atoms with Crippen molar-refractivity contribution in [2.75, 3.05) is 0 Å². The quantitative estimate of drug-likeness (QED) is 0.466. The third-order valence-electron chi connectivity index (χ3n) is 2.46. The van der Waals surface area contributed by atoms with Crippen LogP contribution >= 0.6 is 0 Å². The van der Waals surface area contributed by atoms with Crippen molar-refractivity contribution >= 4 is 5.97 Å². The van der Waals surface area contributed by atoms with Gasteiger partial charge in [-0.25, -0.2) is 0 Å². The molecule has 68 valence electrons. The molecular formula is C10H16O2. The lowest BCUT2D eigenvalue weighted by molar-refractivity contribution is -0.144. The predicted octanol–water partition coefficient (Wildman–Crippen LogP) is 2.15. The number of allylic oxidation sites excluding steroid dienone is 1. The Hall–Kier alpha value is -0.790. The van der Waals surface area contributed by atoms with Gasteiger partial charge in [-0.15, -0.1) is 0 Å². The Labute approximate surface area is 73.6 Å². The maximum absolute atomic E-state index is 11.2. The van der Waals surface area contributed by atoms with Crippen LogP contribution in [0.25, 0.3) is 0 Å². The van der Waals surface area contributed by atoms with Crippen molar-refractivity contribution in [1.29, 1.82) is 0 Å². The van der Waals surface area contributed by atoms with E-state index in [1.165, 1.54) is 0 Å². The highest BCUT2D eigenvalue weighted by Gasteiger charge is 2.38. The average Bonchev–Trinajstić information content (AvgIpc) is 2.33. The molecule has 2 heteroatoms. The Morgan fingerprint density at radius 1 is 1.58 bits per heavy atom. The Balaban J connectivity index is 2.73. The molecule has 3 unspecified atom stereocenters. The van der Waals surface area contributed by atoms with Gasteiger partial charge in [0.1, 0.15) is 6.10 Å². The van der Waals surface area contributed by atoms with E-state index in [0.29, 0.717) is 0 Å². The summed E-state index contributed by atoms with van der Waals surface area (Å²) in [5.41, 5.74) is 0. The van der Waals surface area contributed by atoms with E-state index < -0.39 is 0 Å². The maximum atomic E-state index is 11.2. The van der Waals surface area contributed by atoms with Crippen LogP contribution < -0.4 is 0 Å². The molecule has 1 saturated heterocycles. The fourth-order valence-electron chi connectivity index (χ4n) is 1.68. The number of esters is 1. The van der Waals surface area contributed by atoms with E-state index in [1.54, 1.807) is 0 Å². The molecule has 0 aromatic carbocycles. The number of carbonyl (C=O) groups is 1. The van der Waals surface area contributed by atoms with Crippen molar-refractivity contribution in [1.82, 2.24) is 0 Å². The molecule has 12 heavy (non-hydrogen) atoms. The summed E-state index contributed by atoms with van der Waals surface area (Å²) in [5, 5.41) is 0. The van der Waals surface area contributed by atoms with Gasteiger partial charge in [0.2, 0.25) is 0 Å². The van der Waals surface area contributed by atoms with E-state index in [1.807, 2.05) is 26.8 Å². The number of ether oxygens (including phenoxy) is 1. The monoisotopic (exact) mass is 168 g/mol. The van der Waals surface area contributed by atoms with Gasteiger partial charge in [-0.3, -0.25) is 4.79 Å². The summed E-state index contributed by atoms with van der Waals surface area (Å²) >= 11 is 0. The number of hydrogen-bond acceptors (Lipinski definition) is 2. The zero-order chi connectivity index (χ0) is 9.14.